The first-order valence-corrected chi connectivity index (χ1v) is 8.49. The number of primary amides is 1. The normalized spacial score (nSPS) is 11.7. The SMILES string of the molecule is Cc1cc(C(F)(F)F)nc2sc(C(N)=O)c(NC(=O)Cn3nccc3C)c12. The van der Waals surface area contributed by atoms with Crippen molar-refractivity contribution in [3.05, 3.63) is 40.2 Å². The van der Waals surface area contributed by atoms with Gasteiger partial charge in [0.1, 0.15) is 21.9 Å². The van der Waals surface area contributed by atoms with Crippen molar-refractivity contribution in [3.8, 4) is 0 Å². The number of carbonyl (C=O) groups is 2. The summed E-state index contributed by atoms with van der Waals surface area (Å²) in [5.74, 6) is -1.36. The Kier molecular flexibility index (Phi) is 4.64. The molecule has 0 atom stereocenters. The van der Waals surface area contributed by atoms with Crippen LogP contribution < -0.4 is 11.1 Å². The number of nitrogens with zero attached hydrogens (tertiary/aromatic N) is 3. The molecule has 11 heteroatoms. The lowest BCUT2D eigenvalue weighted by Gasteiger charge is -2.10. The zero-order chi connectivity index (χ0) is 19.9. The number of aromatic nitrogens is 3. The van der Waals surface area contributed by atoms with Gasteiger partial charge in [-0.2, -0.15) is 18.3 Å². The molecule has 0 spiro atoms. The van der Waals surface area contributed by atoms with E-state index in [1.165, 1.54) is 17.8 Å². The second-order valence-electron chi connectivity index (χ2n) is 5.85. The molecule has 3 heterocycles. The van der Waals surface area contributed by atoms with E-state index in [-0.39, 0.29) is 32.9 Å². The molecule has 0 saturated heterocycles. The van der Waals surface area contributed by atoms with Crippen molar-refractivity contribution in [2.45, 2.75) is 26.6 Å². The zero-order valence-electron chi connectivity index (χ0n) is 14.2. The van der Waals surface area contributed by atoms with E-state index in [9.17, 15) is 22.8 Å². The maximum atomic E-state index is 13.0. The monoisotopic (exact) mass is 397 g/mol. The van der Waals surface area contributed by atoms with Gasteiger partial charge in [-0.05, 0) is 31.5 Å². The molecule has 27 heavy (non-hydrogen) atoms. The van der Waals surface area contributed by atoms with Crippen molar-refractivity contribution in [2.75, 3.05) is 5.32 Å². The zero-order valence-corrected chi connectivity index (χ0v) is 15.0. The minimum atomic E-state index is -4.63. The molecular weight excluding hydrogens is 383 g/mol. The molecule has 0 saturated carbocycles. The summed E-state index contributed by atoms with van der Waals surface area (Å²) < 4.78 is 40.4. The summed E-state index contributed by atoms with van der Waals surface area (Å²) in [6.07, 6.45) is -3.10. The van der Waals surface area contributed by atoms with Gasteiger partial charge < -0.3 is 11.1 Å². The van der Waals surface area contributed by atoms with Crippen LogP contribution in [-0.4, -0.2) is 26.6 Å². The van der Waals surface area contributed by atoms with E-state index < -0.39 is 23.7 Å². The van der Waals surface area contributed by atoms with Crippen LogP contribution in [0.4, 0.5) is 18.9 Å². The highest BCUT2D eigenvalue weighted by molar-refractivity contribution is 7.21. The van der Waals surface area contributed by atoms with Crippen molar-refractivity contribution in [3.63, 3.8) is 0 Å². The van der Waals surface area contributed by atoms with Crippen LogP contribution in [0.3, 0.4) is 0 Å². The van der Waals surface area contributed by atoms with Crippen LogP contribution in [0.25, 0.3) is 10.2 Å². The molecule has 0 aliphatic carbocycles. The smallest absolute Gasteiger partial charge is 0.365 e. The fraction of sp³-hybridized carbons (Fsp3) is 0.250. The lowest BCUT2D eigenvalue weighted by Crippen LogP contribution is -2.22. The number of halogens is 3. The van der Waals surface area contributed by atoms with Crippen LogP contribution in [-0.2, 0) is 17.5 Å². The Balaban J connectivity index is 2.05. The van der Waals surface area contributed by atoms with E-state index in [2.05, 4.69) is 15.4 Å². The van der Waals surface area contributed by atoms with Crippen LogP contribution in [0.1, 0.15) is 26.6 Å². The van der Waals surface area contributed by atoms with Crippen LogP contribution in [0.15, 0.2) is 18.3 Å². The number of anilines is 1. The van der Waals surface area contributed by atoms with Gasteiger partial charge in [-0.1, -0.05) is 0 Å². The van der Waals surface area contributed by atoms with E-state index in [0.717, 1.165) is 11.8 Å². The van der Waals surface area contributed by atoms with Crippen molar-refractivity contribution in [1.82, 2.24) is 14.8 Å². The first-order chi connectivity index (χ1) is 12.6. The minimum absolute atomic E-state index is 0.0262. The molecule has 0 aliphatic heterocycles. The van der Waals surface area contributed by atoms with Crippen molar-refractivity contribution < 1.29 is 22.8 Å². The van der Waals surface area contributed by atoms with Gasteiger partial charge in [0.2, 0.25) is 5.91 Å². The maximum Gasteiger partial charge on any atom is 0.433 e. The Hall–Kier alpha value is -2.95. The number of nitrogens with two attached hydrogens (primary N) is 1. The Morgan fingerprint density at radius 3 is 2.59 bits per heavy atom. The molecule has 3 rings (SSSR count). The molecule has 0 fully saturated rings. The summed E-state index contributed by atoms with van der Waals surface area (Å²) in [5, 5.41) is 6.82. The summed E-state index contributed by atoms with van der Waals surface area (Å²) in [7, 11) is 0. The number of amides is 2. The molecule has 3 aromatic heterocycles. The van der Waals surface area contributed by atoms with Crippen molar-refractivity contribution >= 4 is 39.1 Å². The molecule has 0 aromatic carbocycles. The average molecular weight is 397 g/mol. The number of alkyl halides is 3. The highest BCUT2D eigenvalue weighted by atomic mass is 32.1. The van der Waals surface area contributed by atoms with Crippen LogP contribution in [0, 0.1) is 13.8 Å². The molecule has 2 amide bonds. The third kappa shape index (κ3) is 3.63. The molecule has 0 unspecified atom stereocenters. The summed E-state index contributed by atoms with van der Waals surface area (Å²) in [4.78, 5) is 27.6. The van der Waals surface area contributed by atoms with Gasteiger partial charge in [0.15, 0.2) is 0 Å². The number of carbonyl (C=O) groups excluding carboxylic acids is 2. The summed E-state index contributed by atoms with van der Waals surface area (Å²) >= 11 is 0.707. The molecule has 7 nitrogen and oxygen atoms in total. The first-order valence-electron chi connectivity index (χ1n) is 7.67. The lowest BCUT2D eigenvalue weighted by atomic mass is 10.1. The van der Waals surface area contributed by atoms with E-state index in [1.807, 2.05) is 0 Å². The number of aryl methyl sites for hydroxylation is 2. The first kappa shape index (κ1) is 18.8. The molecule has 0 radical (unpaired) electrons. The predicted molar refractivity (Wildman–Crippen MR) is 93.5 cm³/mol. The number of thiophene rings is 1. The van der Waals surface area contributed by atoms with Crippen LogP contribution >= 0.6 is 11.3 Å². The third-order valence-corrected chi connectivity index (χ3v) is 4.96. The summed E-state index contributed by atoms with van der Waals surface area (Å²) in [6.45, 7) is 3.09. The average Bonchev–Trinajstić information content (AvgIpc) is 3.11. The molecule has 3 aromatic rings. The minimum Gasteiger partial charge on any atom is -0.365 e. The number of fused-ring (bicyclic) bond motifs is 1. The maximum absolute atomic E-state index is 13.0. The predicted octanol–water partition coefficient (Wildman–Crippen LogP) is 2.87. The van der Waals surface area contributed by atoms with E-state index >= 15 is 0 Å². The van der Waals surface area contributed by atoms with Gasteiger partial charge in [-0.15, -0.1) is 11.3 Å². The summed E-state index contributed by atoms with van der Waals surface area (Å²) in [5.41, 5.74) is 5.31. The molecule has 0 aliphatic rings. The fourth-order valence-electron chi connectivity index (χ4n) is 2.60. The Labute approximate surface area is 155 Å². The molecule has 3 N–H and O–H groups in total. The van der Waals surface area contributed by atoms with Crippen molar-refractivity contribution in [1.29, 1.82) is 0 Å². The van der Waals surface area contributed by atoms with Gasteiger partial charge in [0.05, 0.1) is 5.69 Å². The molecule has 0 bridgehead atoms. The quantitative estimate of drug-likeness (QED) is 0.707. The van der Waals surface area contributed by atoms with Crippen LogP contribution in [0.2, 0.25) is 0 Å². The third-order valence-electron chi connectivity index (χ3n) is 3.86. The topological polar surface area (TPSA) is 103 Å². The molecular formula is C16H14F3N5O2S. The van der Waals surface area contributed by atoms with E-state index in [0.29, 0.717) is 11.3 Å². The van der Waals surface area contributed by atoms with Gasteiger partial charge in [0, 0.05) is 17.3 Å². The number of hydrogen-bond acceptors (Lipinski definition) is 5. The summed E-state index contributed by atoms with van der Waals surface area (Å²) in [6, 6.07) is 2.59. The standard InChI is InChI=1S/C16H14F3N5O2S/c1-7-5-9(16(17,18)19)22-15-11(7)12(13(27-15)14(20)26)23-10(25)6-24-8(2)3-4-21-24/h3-5H,6H2,1-2H3,(H2,20,26)(H,23,25). The van der Waals surface area contributed by atoms with E-state index in [4.69, 9.17) is 5.73 Å². The van der Waals surface area contributed by atoms with Gasteiger partial charge in [-0.25, -0.2) is 4.98 Å². The van der Waals surface area contributed by atoms with Gasteiger partial charge in [-0.3, -0.25) is 14.3 Å². The number of rotatable bonds is 4. The number of hydrogen-bond donors (Lipinski definition) is 2. The molecule has 142 valence electrons. The number of pyridine rings is 1. The Morgan fingerprint density at radius 2 is 2.04 bits per heavy atom. The van der Waals surface area contributed by atoms with Gasteiger partial charge in [0.25, 0.3) is 5.91 Å². The highest BCUT2D eigenvalue weighted by Gasteiger charge is 2.34. The Bertz CT molecular complexity index is 1050. The second-order valence-corrected chi connectivity index (χ2v) is 6.85. The Morgan fingerprint density at radius 1 is 1.33 bits per heavy atom. The number of nitrogens with one attached hydrogen (secondary N) is 1. The van der Waals surface area contributed by atoms with E-state index in [1.54, 1.807) is 13.0 Å². The fourth-order valence-corrected chi connectivity index (χ4v) is 3.66. The van der Waals surface area contributed by atoms with Crippen molar-refractivity contribution in [2.24, 2.45) is 5.73 Å². The van der Waals surface area contributed by atoms with Gasteiger partial charge >= 0.3 is 6.18 Å². The largest absolute Gasteiger partial charge is 0.433 e. The lowest BCUT2D eigenvalue weighted by molar-refractivity contribution is -0.141. The highest BCUT2D eigenvalue weighted by Crippen LogP contribution is 2.39. The second kappa shape index (κ2) is 6.65. The van der Waals surface area contributed by atoms with Crippen LogP contribution in [0.5, 0.6) is 0 Å².